The Kier molecular flexibility index (Phi) is 5.20. The van der Waals surface area contributed by atoms with E-state index >= 15 is 0 Å². The Balaban J connectivity index is 2.23. The highest BCUT2D eigenvalue weighted by atomic mass is 35.5. The van der Waals surface area contributed by atoms with Crippen molar-refractivity contribution in [1.82, 2.24) is 15.1 Å². The summed E-state index contributed by atoms with van der Waals surface area (Å²) in [5, 5.41) is 6.10. The third kappa shape index (κ3) is 3.72. The van der Waals surface area contributed by atoms with Crippen LogP contribution in [0.15, 0.2) is 30.3 Å². The van der Waals surface area contributed by atoms with E-state index in [4.69, 9.17) is 22.1 Å². The number of nitrogens with one attached hydrogen (secondary N) is 1. The molecule has 2 aromatic rings. The molecule has 1 heterocycles. The van der Waals surface area contributed by atoms with Crippen molar-refractivity contribution >= 4 is 29.5 Å². The maximum atomic E-state index is 12.3. The molecule has 8 nitrogen and oxygen atoms in total. The SMILES string of the molecule is Cc1nn(-c2ccccc2)c(Cl)c1C(=O)OC(C)C(=O)NC(N)=O. The van der Waals surface area contributed by atoms with Crippen molar-refractivity contribution < 1.29 is 19.1 Å². The normalized spacial score (nSPS) is 11.6. The molecular weight excluding hydrogens is 336 g/mol. The number of ether oxygens (including phenoxy) is 1. The minimum Gasteiger partial charge on any atom is -0.449 e. The number of aryl methyl sites for hydroxylation is 1. The molecule has 3 amide bonds. The number of aromatic nitrogens is 2. The predicted octanol–water partition coefficient (Wildman–Crippen LogP) is 1.57. The molecule has 2 rings (SSSR count). The van der Waals surface area contributed by atoms with E-state index in [1.54, 1.807) is 31.2 Å². The van der Waals surface area contributed by atoms with Crippen LogP contribution in [0.2, 0.25) is 5.15 Å². The fourth-order valence-corrected chi connectivity index (χ4v) is 2.32. The van der Waals surface area contributed by atoms with Gasteiger partial charge in [-0.1, -0.05) is 29.8 Å². The van der Waals surface area contributed by atoms with E-state index in [1.165, 1.54) is 11.6 Å². The number of benzene rings is 1. The van der Waals surface area contributed by atoms with Gasteiger partial charge in [-0.3, -0.25) is 10.1 Å². The van der Waals surface area contributed by atoms with Gasteiger partial charge >= 0.3 is 12.0 Å². The Morgan fingerprint density at radius 3 is 2.50 bits per heavy atom. The molecule has 1 unspecified atom stereocenters. The van der Waals surface area contributed by atoms with Crippen LogP contribution in [-0.4, -0.2) is 33.8 Å². The van der Waals surface area contributed by atoms with E-state index in [1.807, 2.05) is 11.4 Å². The van der Waals surface area contributed by atoms with Crippen LogP contribution in [0.25, 0.3) is 5.69 Å². The molecule has 0 saturated carbocycles. The summed E-state index contributed by atoms with van der Waals surface area (Å²) in [4.78, 5) is 34.5. The van der Waals surface area contributed by atoms with E-state index in [9.17, 15) is 14.4 Å². The van der Waals surface area contributed by atoms with Crippen molar-refractivity contribution in [2.45, 2.75) is 20.0 Å². The molecule has 1 atom stereocenters. The highest BCUT2D eigenvalue weighted by molar-refractivity contribution is 6.33. The van der Waals surface area contributed by atoms with E-state index in [-0.39, 0.29) is 10.7 Å². The zero-order valence-corrected chi connectivity index (χ0v) is 13.7. The number of hydrogen-bond donors (Lipinski definition) is 2. The largest absolute Gasteiger partial charge is 0.449 e. The maximum absolute atomic E-state index is 12.3. The van der Waals surface area contributed by atoms with Gasteiger partial charge in [0.15, 0.2) is 6.10 Å². The number of hydrogen-bond acceptors (Lipinski definition) is 5. The molecule has 126 valence electrons. The summed E-state index contributed by atoms with van der Waals surface area (Å²) in [6.45, 7) is 2.90. The monoisotopic (exact) mass is 350 g/mol. The first-order valence-electron chi connectivity index (χ1n) is 6.93. The first-order chi connectivity index (χ1) is 11.3. The van der Waals surface area contributed by atoms with E-state index in [2.05, 4.69) is 5.10 Å². The average Bonchev–Trinajstić information content (AvgIpc) is 2.82. The lowest BCUT2D eigenvalue weighted by molar-refractivity contribution is -0.127. The smallest absolute Gasteiger partial charge is 0.344 e. The van der Waals surface area contributed by atoms with Crippen LogP contribution in [0, 0.1) is 6.92 Å². The van der Waals surface area contributed by atoms with Gasteiger partial charge in [0, 0.05) is 0 Å². The number of para-hydroxylation sites is 1. The van der Waals surface area contributed by atoms with Crippen molar-refractivity contribution in [3.05, 3.63) is 46.7 Å². The van der Waals surface area contributed by atoms with Gasteiger partial charge in [-0.25, -0.2) is 14.3 Å². The molecular formula is C15H15ClN4O4. The standard InChI is InChI=1S/C15H15ClN4O4/c1-8-11(14(22)24-9(2)13(21)18-15(17)23)12(16)20(19-8)10-6-4-3-5-7-10/h3-7,9H,1-2H3,(H3,17,18,21,23). The van der Waals surface area contributed by atoms with Gasteiger partial charge in [-0.15, -0.1) is 0 Å². The summed E-state index contributed by atoms with van der Waals surface area (Å²) in [7, 11) is 0. The lowest BCUT2D eigenvalue weighted by atomic mass is 10.2. The highest BCUT2D eigenvalue weighted by Gasteiger charge is 2.26. The predicted molar refractivity (Wildman–Crippen MR) is 85.9 cm³/mol. The van der Waals surface area contributed by atoms with Gasteiger partial charge in [0.05, 0.1) is 11.4 Å². The van der Waals surface area contributed by atoms with Gasteiger partial charge in [-0.05, 0) is 26.0 Å². The Morgan fingerprint density at radius 1 is 1.29 bits per heavy atom. The number of nitrogens with zero attached hydrogens (tertiary/aromatic N) is 2. The second-order valence-corrected chi connectivity index (χ2v) is 5.26. The van der Waals surface area contributed by atoms with Crippen LogP contribution in [0.1, 0.15) is 23.0 Å². The summed E-state index contributed by atoms with van der Waals surface area (Å²) in [6.07, 6.45) is -1.22. The van der Waals surface area contributed by atoms with E-state index in [0.29, 0.717) is 11.4 Å². The third-order valence-electron chi connectivity index (χ3n) is 3.11. The minimum atomic E-state index is -1.22. The zero-order chi connectivity index (χ0) is 17.9. The molecule has 1 aromatic carbocycles. The van der Waals surface area contributed by atoms with E-state index in [0.717, 1.165) is 0 Å². The molecule has 0 fully saturated rings. The quantitative estimate of drug-likeness (QED) is 0.812. The molecule has 1 aromatic heterocycles. The molecule has 9 heteroatoms. The molecule has 24 heavy (non-hydrogen) atoms. The van der Waals surface area contributed by atoms with Crippen LogP contribution in [0.5, 0.6) is 0 Å². The highest BCUT2D eigenvalue weighted by Crippen LogP contribution is 2.24. The molecule has 0 radical (unpaired) electrons. The summed E-state index contributed by atoms with van der Waals surface area (Å²) >= 11 is 6.23. The first kappa shape index (κ1) is 17.5. The molecule has 3 N–H and O–H groups in total. The summed E-state index contributed by atoms with van der Waals surface area (Å²) in [6, 6.07) is 7.96. The van der Waals surface area contributed by atoms with Crippen LogP contribution < -0.4 is 11.1 Å². The van der Waals surface area contributed by atoms with Gasteiger partial charge in [0.1, 0.15) is 10.7 Å². The fraction of sp³-hybridized carbons (Fsp3) is 0.200. The number of halogens is 1. The van der Waals surface area contributed by atoms with Crippen LogP contribution in [0.4, 0.5) is 4.79 Å². The van der Waals surface area contributed by atoms with Crippen molar-refractivity contribution in [1.29, 1.82) is 0 Å². The number of amides is 3. The van der Waals surface area contributed by atoms with Crippen LogP contribution in [0.3, 0.4) is 0 Å². The van der Waals surface area contributed by atoms with Gasteiger partial charge in [-0.2, -0.15) is 5.10 Å². The number of urea groups is 1. The Labute approximate surface area is 142 Å². The number of imide groups is 1. The lowest BCUT2D eigenvalue weighted by Gasteiger charge is -2.11. The van der Waals surface area contributed by atoms with Gasteiger partial charge in [0.2, 0.25) is 0 Å². The summed E-state index contributed by atoms with van der Waals surface area (Å²) in [5.74, 6) is -1.66. The fourth-order valence-electron chi connectivity index (χ4n) is 1.97. The number of nitrogens with two attached hydrogens (primary N) is 1. The second-order valence-electron chi connectivity index (χ2n) is 4.90. The number of esters is 1. The van der Waals surface area contributed by atoms with Gasteiger partial charge in [0.25, 0.3) is 5.91 Å². The lowest BCUT2D eigenvalue weighted by Crippen LogP contribution is -2.42. The Morgan fingerprint density at radius 2 is 1.92 bits per heavy atom. The molecule has 0 bridgehead atoms. The second kappa shape index (κ2) is 7.14. The van der Waals surface area contributed by atoms with Crippen molar-refractivity contribution in [3.8, 4) is 5.69 Å². The minimum absolute atomic E-state index is 0.0410. The number of rotatable bonds is 4. The first-order valence-corrected chi connectivity index (χ1v) is 7.31. The van der Waals surface area contributed by atoms with Crippen LogP contribution in [-0.2, 0) is 9.53 Å². The molecule has 0 aliphatic heterocycles. The summed E-state index contributed by atoms with van der Waals surface area (Å²) in [5.41, 5.74) is 5.90. The molecule has 0 aliphatic carbocycles. The number of carbonyl (C=O) groups is 3. The molecule has 0 spiro atoms. The number of primary amides is 1. The molecule has 0 saturated heterocycles. The van der Waals surface area contributed by atoms with Crippen molar-refractivity contribution in [2.24, 2.45) is 5.73 Å². The van der Waals surface area contributed by atoms with Crippen LogP contribution >= 0.6 is 11.6 Å². The van der Waals surface area contributed by atoms with Gasteiger partial charge < -0.3 is 10.5 Å². The zero-order valence-electron chi connectivity index (χ0n) is 12.9. The Bertz CT molecular complexity index is 788. The van der Waals surface area contributed by atoms with Crippen molar-refractivity contribution in [2.75, 3.05) is 0 Å². The summed E-state index contributed by atoms with van der Waals surface area (Å²) < 4.78 is 6.40. The van der Waals surface area contributed by atoms with Crippen molar-refractivity contribution in [3.63, 3.8) is 0 Å². The average molecular weight is 351 g/mol. The number of carbonyl (C=O) groups excluding carboxylic acids is 3. The topological polar surface area (TPSA) is 116 Å². The maximum Gasteiger partial charge on any atom is 0.344 e. The van der Waals surface area contributed by atoms with E-state index < -0.39 is 24.0 Å². The third-order valence-corrected chi connectivity index (χ3v) is 3.46. The Hall–Kier alpha value is -2.87. The molecule has 0 aliphatic rings.